The minimum Gasteiger partial charge on any atom is -0.365 e. The van der Waals surface area contributed by atoms with Crippen LogP contribution in [0.3, 0.4) is 0 Å². The number of carbonyl (C=O) groups is 1. The molecule has 5 heteroatoms. The lowest BCUT2D eigenvalue weighted by molar-refractivity contribution is 0.0997. The molecule has 0 aliphatic heterocycles. The maximum absolute atomic E-state index is 13.7. The molecule has 0 saturated heterocycles. The van der Waals surface area contributed by atoms with Gasteiger partial charge in [-0.3, -0.25) is 9.48 Å². The van der Waals surface area contributed by atoms with Crippen molar-refractivity contribution in [2.75, 3.05) is 0 Å². The van der Waals surface area contributed by atoms with Gasteiger partial charge in [0.05, 0.1) is 11.8 Å². The Hall–Kier alpha value is -2.17. The second-order valence-corrected chi connectivity index (χ2v) is 5.20. The van der Waals surface area contributed by atoms with Gasteiger partial charge in [0.1, 0.15) is 5.82 Å². The fourth-order valence-electron chi connectivity index (χ4n) is 2.03. The van der Waals surface area contributed by atoms with Gasteiger partial charge in [0.15, 0.2) is 0 Å². The number of halogens is 1. The molecule has 2 rings (SSSR count). The summed E-state index contributed by atoms with van der Waals surface area (Å²) in [5.74, 6) is -0.795. The molecule has 0 radical (unpaired) electrons. The number of amides is 1. The minimum absolute atomic E-state index is 0.0871. The van der Waals surface area contributed by atoms with Gasteiger partial charge in [0.2, 0.25) is 0 Å². The van der Waals surface area contributed by atoms with Crippen LogP contribution in [0.4, 0.5) is 4.39 Å². The Bertz CT molecular complexity index is 619. The van der Waals surface area contributed by atoms with Crippen molar-refractivity contribution in [3.63, 3.8) is 0 Å². The van der Waals surface area contributed by atoms with Gasteiger partial charge in [0.25, 0.3) is 5.91 Å². The predicted molar refractivity (Wildman–Crippen MR) is 75.6 cm³/mol. The first-order valence-electron chi connectivity index (χ1n) is 6.60. The first-order chi connectivity index (χ1) is 9.49. The molecule has 0 aliphatic rings. The average molecular weight is 275 g/mol. The van der Waals surface area contributed by atoms with E-state index < -0.39 is 11.7 Å². The Balaban J connectivity index is 2.33. The smallest absolute Gasteiger partial charge is 0.252 e. The Kier molecular flexibility index (Phi) is 4.17. The molecule has 1 amide bonds. The van der Waals surface area contributed by atoms with E-state index >= 15 is 0 Å². The summed E-state index contributed by atoms with van der Waals surface area (Å²) in [7, 11) is 0. The van der Waals surface area contributed by atoms with Crippen molar-refractivity contribution in [2.24, 2.45) is 11.7 Å². The van der Waals surface area contributed by atoms with Gasteiger partial charge in [-0.05, 0) is 18.4 Å². The van der Waals surface area contributed by atoms with Crippen molar-refractivity contribution in [3.8, 4) is 11.1 Å². The maximum atomic E-state index is 13.7. The molecule has 2 aromatic rings. The third-order valence-electron chi connectivity index (χ3n) is 3.14. The molecule has 2 N–H and O–H groups in total. The zero-order chi connectivity index (χ0) is 14.7. The molecule has 0 saturated carbocycles. The van der Waals surface area contributed by atoms with E-state index in [2.05, 4.69) is 18.9 Å². The molecular weight excluding hydrogens is 257 g/mol. The van der Waals surface area contributed by atoms with E-state index in [-0.39, 0.29) is 5.56 Å². The second-order valence-electron chi connectivity index (χ2n) is 5.20. The molecule has 106 valence electrons. The predicted octanol–water partition coefficient (Wildman–Crippen LogP) is 2.83. The normalized spacial score (nSPS) is 11.0. The number of benzene rings is 1. The largest absolute Gasteiger partial charge is 0.365 e. The lowest BCUT2D eigenvalue weighted by Crippen LogP contribution is -2.14. The van der Waals surface area contributed by atoms with Crippen LogP contribution in [0.1, 0.15) is 30.6 Å². The van der Waals surface area contributed by atoms with Gasteiger partial charge in [-0.25, -0.2) is 4.39 Å². The molecule has 0 bridgehead atoms. The molecule has 4 nitrogen and oxygen atoms in total. The molecule has 0 aliphatic carbocycles. The third-order valence-corrected chi connectivity index (χ3v) is 3.14. The van der Waals surface area contributed by atoms with Crippen LogP contribution in [0.2, 0.25) is 0 Å². The van der Waals surface area contributed by atoms with Gasteiger partial charge < -0.3 is 5.73 Å². The minimum atomic E-state index is -0.770. The van der Waals surface area contributed by atoms with E-state index in [0.717, 1.165) is 13.0 Å². The Labute approximate surface area is 117 Å². The highest BCUT2D eigenvalue weighted by Gasteiger charge is 2.16. The Morgan fingerprint density at radius 1 is 1.45 bits per heavy atom. The number of aromatic nitrogens is 2. The summed E-state index contributed by atoms with van der Waals surface area (Å²) in [4.78, 5) is 11.4. The van der Waals surface area contributed by atoms with Crippen LogP contribution in [0, 0.1) is 11.7 Å². The molecule has 1 aromatic carbocycles. The Morgan fingerprint density at radius 2 is 2.20 bits per heavy atom. The van der Waals surface area contributed by atoms with E-state index in [9.17, 15) is 9.18 Å². The van der Waals surface area contributed by atoms with Crippen molar-refractivity contribution >= 4 is 5.91 Å². The maximum Gasteiger partial charge on any atom is 0.252 e. The molecule has 0 atom stereocenters. The van der Waals surface area contributed by atoms with Gasteiger partial charge in [0, 0.05) is 23.9 Å². The number of carbonyl (C=O) groups excluding carboxylic acids is 1. The fourth-order valence-corrected chi connectivity index (χ4v) is 2.03. The quantitative estimate of drug-likeness (QED) is 0.912. The summed E-state index contributed by atoms with van der Waals surface area (Å²) in [6.07, 6.45) is 4.44. The fraction of sp³-hybridized carbons (Fsp3) is 0.333. The monoisotopic (exact) mass is 275 g/mol. The molecule has 1 heterocycles. The summed E-state index contributed by atoms with van der Waals surface area (Å²) in [5, 5.41) is 4.24. The van der Waals surface area contributed by atoms with E-state index in [0.29, 0.717) is 17.0 Å². The zero-order valence-corrected chi connectivity index (χ0v) is 11.6. The molecule has 0 spiro atoms. The number of nitrogens with zero attached hydrogens (tertiary/aromatic N) is 2. The van der Waals surface area contributed by atoms with Gasteiger partial charge in [-0.15, -0.1) is 0 Å². The SMILES string of the molecule is CC(C)CCn1cc(-c2cccc(F)c2C(N)=O)cn1. The number of aryl methyl sites for hydroxylation is 1. The lowest BCUT2D eigenvalue weighted by Gasteiger charge is -2.06. The van der Waals surface area contributed by atoms with Crippen molar-refractivity contribution in [1.82, 2.24) is 9.78 Å². The lowest BCUT2D eigenvalue weighted by atomic mass is 10.0. The first-order valence-corrected chi connectivity index (χ1v) is 6.60. The average Bonchev–Trinajstić information content (AvgIpc) is 2.84. The molecule has 20 heavy (non-hydrogen) atoms. The highest BCUT2D eigenvalue weighted by atomic mass is 19.1. The summed E-state index contributed by atoms with van der Waals surface area (Å²) in [6.45, 7) is 5.07. The Morgan fingerprint density at radius 3 is 2.85 bits per heavy atom. The number of rotatable bonds is 5. The van der Waals surface area contributed by atoms with E-state index in [1.165, 1.54) is 6.07 Å². The van der Waals surface area contributed by atoms with E-state index in [1.54, 1.807) is 23.0 Å². The second kappa shape index (κ2) is 5.86. The number of nitrogens with two attached hydrogens (primary N) is 1. The van der Waals surface area contributed by atoms with Crippen LogP contribution in [0.5, 0.6) is 0 Å². The van der Waals surface area contributed by atoms with Gasteiger partial charge in [-0.1, -0.05) is 26.0 Å². The molecule has 0 fully saturated rings. The van der Waals surface area contributed by atoms with Crippen molar-refractivity contribution in [3.05, 3.63) is 42.0 Å². The topological polar surface area (TPSA) is 60.9 Å². The molecule has 1 aromatic heterocycles. The van der Waals surface area contributed by atoms with Crippen LogP contribution in [0.25, 0.3) is 11.1 Å². The van der Waals surface area contributed by atoms with Gasteiger partial charge >= 0.3 is 0 Å². The van der Waals surface area contributed by atoms with E-state index in [1.807, 2.05) is 6.20 Å². The number of hydrogen-bond acceptors (Lipinski definition) is 2. The van der Waals surface area contributed by atoms with Crippen molar-refractivity contribution in [2.45, 2.75) is 26.8 Å². The summed E-state index contributed by atoms with van der Waals surface area (Å²) in [6, 6.07) is 4.46. The number of hydrogen-bond donors (Lipinski definition) is 1. The zero-order valence-electron chi connectivity index (χ0n) is 11.6. The first kappa shape index (κ1) is 14.2. The summed E-state index contributed by atoms with van der Waals surface area (Å²) in [5.41, 5.74) is 6.34. The van der Waals surface area contributed by atoms with Crippen LogP contribution in [-0.2, 0) is 6.54 Å². The van der Waals surface area contributed by atoms with Crippen molar-refractivity contribution < 1.29 is 9.18 Å². The van der Waals surface area contributed by atoms with E-state index in [4.69, 9.17) is 5.73 Å². The van der Waals surface area contributed by atoms with Crippen LogP contribution in [-0.4, -0.2) is 15.7 Å². The van der Waals surface area contributed by atoms with Crippen LogP contribution >= 0.6 is 0 Å². The highest BCUT2D eigenvalue weighted by Crippen LogP contribution is 2.25. The highest BCUT2D eigenvalue weighted by molar-refractivity contribution is 5.99. The van der Waals surface area contributed by atoms with Crippen molar-refractivity contribution in [1.29, 1.82) is 0 Å². The summed E-state index contributed by atoms with van der Waals surface area (Å²) < 4.78 is 15.5. The summed E-state index contributed by atoms with van der Waals surface area (Å²) >= 11 is 0. The molecular formula is C15H18FN3O. The van der Waals surface area contributed by atoms with Crippen LogP contribution < -0.4 is 5.73 Å². The standard InChI is InChI=1S/C15H18FN3O/c1-10(2)6-7-19-9-11(8-18-19)12-4-3-5-13(16)14(12)15(17)20/h3-5,8-10H,6-7H2,1-2H3,(H2,17,20). The van der Waals surface area contributed by atoms with Crippen LogP contribution in [0.15, 0.2) is 30.6 Å². The third kappa shape index (κ3) is 3.04. The van der Waals surface area contributed by atoms with Gasteiger partial charge in [-0.2, -0.15) is 5.10 Å². The number of primary amides is 1. The molecule has 0 unspecified atom stereocenters.